The summed E-state index contributed by atoms with van der Waals surface area (Å²) in [4.78, 5) is 6.91. The molecule has 0 bridgehead atoms. The summed E-state index contributed by atoms with van der Waals surface area (Å²) < 4.78 is 5.36. The Labute approximate surface area is 156 Å². The van der Waals surface area contributed by atoms with Gasteiger partial charge in [-0.25, -0.2) is 0 Å². The molecule has 1 aromatic carbocycles. The number of nitrogens with zero attached hydrogens (tertiary/aromatic N) is 2. The fourth-order valence-electron chi connectivity index (χ4n) is 3.92. The Morgan fingerprint density at radius 1 is 1.15 bits per heavy atom. The number of benzene rings is 1. The Hall–Kier alpha value is -1.65. The second-order valence-electron chi connectivity index (χ2n) is 7.03. The van der Waals surface area contributed by atoms with E-state index in [4.69, 9.17) is 4.74 Å². The van der Waals surface area contributed by atoms with E-state index in [2.05, 4.69) is 16.3 Å². The lowest BCUT2D eigenvalue weighted by Crippen LogP contribution is -2.35. The van der Waals surface area contributed by atoms with Crippen LogP contribution in [0.15, 0.2) is 30.5 Å². The predicted molar refractivity (Wildman–Crippen MR) is 103 cm³/mol. The Morgan fingerprint density at radius 2 is 2.00 bits per heavy atom. The van der Waals surface area contributed by atoms with E-state index in [0.29, 0.717) is 0 Å². The molecule has 2 aliphatic rings. The van der Waals surface area contributed by atoms with Crippen molar-refractivity contribution in [1.29, 1.82) is 0 Å². The van der Waals surface area contributed by atoms with Gasteiger partial charge in [-0.2, -0.15) is 0 Å². The highest BCUT2D eigenvalue weighted by molar-refractivity contribution is 5.84. The number of piperidine rings is 1. The molecule has 1 atom stereocenters. The first-order chi connectivity index (χ1) is 12.8. The third-order valence-electron chi connectivity index (χ3n) is 5.36. The normalized spacial score (nSPS) is 21.3. The highest BCUT2D eigenvalue weighted by Gasteiger charge is 2.37. The van der Waals surface area contributed by atoms with Crippen molar-refractivity contribution in [2.45, 2.75) is 25.4 Å². The van der Waals surface area contributed by atoms with Gasteiger partial charge >= 0.3 is 0 Å². The number of rotatable bonds is 5. The van der Waals surface area contributed by atoms with Crippen molar-refractivity contribution >= 4 is 10.9 Å². The first-order valence-electron chi connectivity index (χ1n) is 9.34. The lowest BCUT2D eigenvalue weighted by atomic mass is 9.85. The Bertz CT molecular complexity index is 742. The lowest BCUT2D eigenvalue weighted by molar-refractivity contribution is 0.188. The second kappa shape index (κ2) is 7.93. The maximum absolute atomic E-state index is 11.2. The molecule has 2 aromatic rings. The van der Waals surface area contributed by atoms with Gasteiger partial charge in [0.15, 0.2) is 0 Å². The van der Waals surface area contributed by atoms with Crippen LogP contribution in [0, 0.1) is 31.1 Å². The summed E-state index contributed by atoms with van der Waals surface area (Å²) in [5, 5.41) is 12.1. The van der Waals surface area contributed by atoms with E-state index >= 15 is 0 Å². The quantitative estimate of drug-likeness (QED) is 0.897. The number of methoxy groups -OCH3 is 1. The third kappa shape index (κ3) is 3.58. The zero-order chi connectivity index (χ0) is 17.9. The molecule has 4 rings (SSSR count). The van der Waals surface area contributed by atoms with E-state index in [-0.39, 0.29) is 0 Å². The van der Waals surface area contributed by atoms with Gasteiger partial charge in [0.2, 0.25) is 0 Å². The smallest absolute Gasteiger partial charge is 0.119 e. The zero-order valence-electron chi connectivity index (χ0n) is 15.2. The fourth-order valence-corrected chi connectivity index (χ4v) is 3.92. The fraction of sp³-hybridized carbons (Fsp3) is 0.364. The largest absolute Gasteiger partial charge is 0.497 e. The molecule has 4 heteroatoms. The summed E-state index contributed by atoms with van der Waals surface area (Å²) >= 11 is 0. The van der Waals surface area contributed by atoms with Gasteiger partial charge in [0.25, 0.3) is 0 Å². The van der Waals surface area contributed by atoms with Crippen molar-refractivity contribution in [3.8, 4) is 5.75 Å². The van der Waals surface area contributed by atoms with E-state index < -0.39 is 6.10 Å². The van der Waals surface area contributed by atoms with Crippen molar-refractivity contribution < 1.29 is 9.84 Å². The Kier molecular flexibility index (Phi) is 5.41. The van der Waals surface area contributed by atoms with Crippen molar-refractivity contribution in [3.63, 3.8) is 0 Å². The van der Waals surface area contributed by atoms with E-state index in [0.717, 1.165) is 47.8 Å². The number of ether oxygens (including phenoxy) is 1. The van der Waals surface area contributed by atoms with E-state index in [1.165, 1.54) is 25.2 Å². The average Bonchev–Trinajstić information content (AvgIpc) is 3.15. The summed E-state index contributed by atoms with van der Waals surface area (Å²) in [7, 11) is 1.65. The minimum Gasteiger partial charge on any atom is -0.497 e. The number of aliphatic hydroxyl groups excluding tert-OH is 1. The number of likely N-dealkylation sites (tertiary alicyclic amines) is 1. The van der Waals surface area contributed by atoms with Crippen molar-refractivity contribution in [3.05, 3.63) is 67.1 Å². The Morgan fingerprint density at radius 3 is 2.81 bits per heavy atom. The molecule has 1 aliphatic carbocycles. The number of aliphatic hydroxyl groups is 1. The maximum atomic E-state index is 11.2. The SMILES string of the molecule is COc1ccc2nccc(C(O)[C]3[CH][CH][CH][C]3CN3CCCCC3)c2c1. The van der Waals surface area contributed by atoms with Crippen LogP contribution in [0.1, 0.15) is 30.9 Å². The monoisotopic (exact) mass is 349 g/mol. The Balaban J connectivity index is 1.57. The van der Waals surface area contributed by atoms with Crippen LogP contribution in [0.3, 0.4) is 0 Å². The molecule has 2 heterocycles. The molecule has 1 unspecified atom stereocenters. The number of aromatic nitrogens is 1. The summed E-state index contributed by atoms with van der Waals surface area (Å²) in [5.74, 6) is 2.98. The molecule has 135 valence electrons. The first kappa shape index (κ1) is 17.7. The minimum atomic E-state index is -0.664. The molecular weight excluding hydrogens is 324 g/mol. The molecule has 1 saturated carbocycles. The topological polar surface area (TPSA) is 45.6 Å². The highest BCUT2D eigenvalue weighted by atomic mass is 16.5. The summed E-state index contributed by atoms with van der Waals surface area (Å²) in [6.45, 7) is 3.21. The maximum Gasteiger partial charge on any atom is 0.119 e. The van der Waals surface area contributed by atoms with Crippen LogP contribution < -0.4 is 4.74 Å². The molecule has 0 spiro atoms. The first-order valence-corrected chi connectivity index (χ1v) is 9.34. The van der Waals surface area contributed by atoms with Crippen LogP contribution in [0.25, 0.3) is 10.9 Å². The van der Waals surface area contributed by atoms with Crippen LogP contribution >= 0.6 is 0 Å². The van der Waals surface area contributed by atoms with E-state index in [9.17, 15) is 5.11 Å². The molecule has 1 N–H and O–H groups in total. The van der Waals surface area contributed by atoms with Crippen LogP contribution in [0.2, 0.25) is 0 Å². The van der Waals surface area contributed by atoms with Crippen LogP contribution in [0.5, 0.6) is 5.75 Å². The van der Waals surface area contributed by atoms with Crippen LogP contribution in [-0.4, -0.2) is 41.7 Å². The lowest BCUT2D eigenvalue weighted by Gasteiger charge is -2.32. The number of fused-ring (bicyclic) bond motifs is 1. The van der Waals surface area contributed by atoms with Crippen molar-refractivity contribution in [1.82, 2.24) is 9.88 Å². The minimum absolute atomic E-state index is 0.664. The predicted octanol–water partition coefficient (Wildman–Crippen LogP) is 3.54. The molecule has 26 heavy (non-hydrogen) atoms. The van der Waals surface area contributed by atoms with E-state index in [1.807, 2.05) is 37.1 Å². The number of pyridine rings is 1. The molecule has 0 amide bonds. The van der Waals surface area contributed by atoms with Crippen LogP contribution in [-0.2, 0) is 0 Å². The summed E-state index contributed by atoms with van der Waals surface area (Å²) in [6.07, 6.45) is 11.2. The van der Waals surface area contributed by atoms with Crippen molar-refractivity contribution in [2.24, 2.45) is 0 Å². The van der Waals surface area contributed by atoms with Gasteiger partial charge < -0.3 is 14.7 Å². The van der Waals surface area contributed by atoms with Gasteiger partial charge in [-0.3, -0.25) is 4.98 Å². The highest BCUT2D eigenvalue weighted by Crippen LogP contribution is 2.44. The standard InChI is InChI=1S/C22H25N2O2/c1-26-17-8-9-21-20(14-17)19(10-11-23-21)22(25)18-7-5-6-16(18)15-24-12-3-2-4-13-24/h5-11,14,22,25H,2-4,12-13,15H2,1H3. The van der Waals surface area contributed by atoms with Gasteiger partial charge in [0.05, 0.1) is 18.7 Å². The van der Waals surface area contributed by atoms with E-state index in [1.54, 1.807) is 13.3 Å². The van der Waals surface area contributed by atoms with Gasteiger partial charge in [0, 0.05) is 30.0 Å². The summed E-state index contributed by atoms with van der Waals surface area (Å²) in [6, 6.07) is 7.69. The molecule has 5 radical (unpaired) electrons. The second-order valence-corrected chi connectivity index (χ2v) is 7.03. The van der Waals surface area contributed by atoms with Gasteiger partial charge in [-0.05, 0) is 75.0 Å². The zero-order valence-corrected chi connectivity index (χ0v) is 15.2. The molecule has 1 saturated heterocycles. The van der Waals surface area contributed by atoms with Gasteiger partial charge in [-0.15, -0.1) is 0 Å². The average molecular weight is 349 g/mol. The third-order valence-corrected chi connectivity index (χ3v) is 5.36. The molecular formula is C22H25N2O2. The molecule has 2 fully saturated rings. The summed E-state index contributed by atoms with van der Waals surface area (Å²) in [5.41, 5.74) is 1.74. The van der Waals surface area contributed by atoms with Crippen LogP contribution in [0.4, 0.5) is 0 Å². The molecule has 1 aromatic heterocycles. The number of hydrogen-bond acceptors (Lipinski definition) is 4. The van der Waals surface area contributed by atoms with Gasteiger partial charge in [0.1, 0.15) is 5.75 Å². The molecule has 1 aliphatic heterocycles. The number of hydrogen-bond donors (Lipinski definition) is 1. The molecule has 4 nitrogen and oxygen atoms in total. The van der Waals surface area contributed by atoms with Gasteiger partial charge in [-0.1, -0.05) is 6.42 Å². The van der Waals surface area contributed by atoms with Crippen molar-refractivity contribution in [2.75, 3.05) is 26.7 Å².